The summed E-state index contributed by atoms with van der Waals surface area (Å²) in [5.41, 5.74) is 0. The summed E-state index contributed by atoms with van der Waals surface area (Å²) < 4.78 is 0. The van der Waals surface area contributed by atoms with E-state index < -0.39 is 5.97 Å². The minimum absolute atomic E-state index is 0.148. The summed E-state index contributed by atoms with van der Waals surface area (Å²) >= 11 is 0. The Kier molecular flexibility index (Phi) is 7.44. The summed E-state index contributed by atoms with van der Waals surface area (Å²) in [6.07, 6.45) is 7.89. The highest BCUT2D eigenvalue weighted by molar-refractivity contribution is 5.71. The molecule has 1 fully saturated rings. The van der Waals surface area contributed by atoms with Crippen LogP contribution in [0.2, 0.25) is 0 Å². The Morgan fingerprint density at radius 3 is 2.47 bits per heavy atom. The van der Waals surface area contributed by atoms with Crippen LogP contribution in [-0.4, -0.2) is 35.1 Å². The van der Waals surface area contributed by atoms with E-state index in [1.54, 1.807) is 0 Å². The van der Waals surface area contributed by atoms with Crippen molar-refractivity contribution in [2.45, 2.75) is 71.8 Å². The molecular formula is C16H31NO2. The van der Waals surface area contributed by atoms with Crippen LogP contribution in [0.15, 0.2) is 0 Å². The van der Waals surface area contributed by atoms with Crippen molar-refractivity contribution in [1.29, 1.82) is 0 Å². The van der Waals surface area contributed by atoms with Crippen LogP contribution in [0.25, 0.3) is 0 Å². The molecule has 3 unspecified atom stereocenters. The molecule has 0 aromatic rings. The first kappa shape index (κ1) is 16.5. The van der Waals surface area contributed by atoms with Crippen LogP contribution in [0.5, 0.6) is 0 Å². The lowest BCUT2D eigenvalue weighted by atomic mass is 9.76. The molecule has 19 heavy (non-hydrogen) atoms. The van der Waals surface area contributed by atoms with Crippen molar-refractivity contribution in [3.63, 3.8) is 0 Å². The summed E-state index contributed by atoms with van der Waals surface area (Å²) in [6.45, 7) is 8.63. The second kappa shape index (κ2) is 8.57. The number of aliphatic carboxylic acids is 1. The first-order valence-electron chi connectivity index (χ1n) is 8.10. The van der Waals surface area contributed by atoms with Crippen molar-refractivity contribution < 1.29 is 9.90 Å². The van der Waals surface area contributed by atoms with Crippen molar-refractivity contribution in [3.05, 3.63) is 0 Å². The predicted molar refractivity (Wildman–Crippen MR) is 79.3 cm³/mol. The maximum absolute atomic E-state index is 11.5. The van der Waals surface area contributed by atoms with Gasteiger partial charge in [-0.2, -0.15) is 0 Å². The predicted octanol–water partition coefficient (Wildman–Crippen LogP) is 3.78. The molecule has 0 aliphatic heterocycles. The lowest BCUT2D eigenvalue weighted by Gasteiger charge is -2.41. The van der Waals surface area contributed by atoms with Crippen LogP contribution in [0.3, 0.4) is 0 Å². The maximum Gasteiger partial charge on any atom is 0.308 e. The molecule has 0 spiro atoms. The van der Waals surface area contributed by atoms with E-state index in [1.165, 1.54) is 25.7 Å². The molecule has 1 rings (SSSR count). The lowest BCUT2D eigenvalue weighted by Crippen LogP contribution is -2.47. The first-order chi connectivity index (χ1) is 9.13. The fourth-order valence-corrected chi connectivity index (χ4v) is 3.51. The molecule has 0 bridgehead atoms. The van der Waals surface area contributed by atoms with E-state index in [0.29, 0.717) is 0 Å². The average molecular weight is 269 g/mol. The van der Waals surface area contributed by atoms with Crippen molar-refractivity contribution in [1.82, 2.24) is 4.90 Å². The van der Waals surface area contributed by atoms with E-state index in [9.17, 15) is 9.90 Å². The quantitative estimate of drug-likeness (QED) is 0.729. The van der Waals surface area contributed by atoms with Gasteiger partial charge in [-0.1, -0.05) is 40.0 Å². The molecule has 1 aliphatic carbocycles. The minimum atomic E-state index is -0.588. The van der Waals surface area contributed by atoms with Crippen molar-refractivity contribution in [2.75, 3.05) is 13.1 Å². The molecule has 1 aliphatic rings. The summed E-state index contributed by atoms with van der Waals surface area (Å²) in [5, 5.41) is 9.47. The van der Waals surface area contributed by atoms with Gasteiger partial charge in [-0.3, -0.25) is 9.69 Å². The van der Waals surface area contributed by atoms with Gasteiger partial charge in [0.1, 0.15) is 0 Å². The molecule has 0 saturated heterocycles. The average Bonchev–Trinajstić information content (AvgIpc) is 2.40. The van der Waals surface area contributed by atoms with E-state index in [1.807, 2.05) is 0 Å². The van der Waals surface area contributed by atoms with E-state index >= 15 is 0 Å². The second-order valence-electron chi connectivity index (χ2n) is 5.96. The fourth-order valence-electron chi connectivity index (χ4n) is 3.51. The van der Waals surface area contributed by atoms with Gasteiger partial charge in [-0.25, -0.2) is 0 Å². The highest BCUT2D eigenvalue weighted by atomic mass is 16.4. The third-order valence-electron chi connectivity index (χ3n) is 4.61. The largest absolute Gasteiger partial charge is 0.481 e. The zero-order chi connectivity index (χ0) is 14.3. The monoisotopic (exact) mass is 269 g/mol. The van der Waals surface area contributed by atoms with E-state index in [2.05, 4.69) is 25.7 Å². The van der Waals surface area contributed by atoms with Gasteiger partial charge in [0.05, 0.1) is 5.92 Å². The molecule has 112 valence electrons. The van der Waals surface area contributed by atoms with Crippen LogP contribution < -0.4 is 0 Å². The van der Waals surface area contributed by atoms with Gasteiger partial charge in [0, 0.05) is 6.04 Å². The second-order valence-corrected chi connectivity index (χ2v) is 5.96. The summed E-state index contributed by atoms with van der Waals surface area (Å²) in [4.78, 5) is 13.9. The van der Waals surface area contributed by atoms with Crippen molar-refractivity contribution >= 4 is 5.97 Å². The van der Waals surface area contributed by atoms with E-state index in [0.717, 1.165) is 38.3 Å². The smallest absolute Gasteiger partial charge is 0.308 e. The van der Waals surface area contributed by atoms with Crippen LogP contribution in [0.1, 0.15) is 65.7 Å². The summed E-state index contributed by atoms with van der Waals surface area (Å²) in [5.74, 6) is 0.00101. The number of hydrogen-bond donors (Lipinski definition) is 1. The number of carbonyl (C=O) groups is 1. The molecule has 3 atom stereocenters. The number of nitrogens with zero attached hydrogens (tertiary/aromatic N) is 1. The number of carboxylic acids is 1. The Balaban J connectivity index is 2.71. The standard InChI is InChI=1S/C16H31NO2/c1-4-7-11-17(6-3)15-12-13(8-5-2)9-10-14(15)16(18)19/h13-15H,4-12H2,1-3H3,(H,18,19). The molecule has 1 saturated carbocycles. The molecule has 0 amide bonds. The Labute approximate surface area is 118 Å². The number of unbranched alkanes of at least 4 members (excludes halogenated alkanes) is 1. The van der Waals surface area contributed by atoms with E-state index in [4.69, 9.17) is 0 Å². The van der Waals surface area contributed by atoms with Crippen molar-refractivity contribution in [3.8, 4) is 0 Å². The Morgan fingerprint density at radius 2 is 1.95 bits per heavy atom. The number of hydrogen-bond acceptors (Lipinski definition) is 2. The topological polar surface area (TPSA) is 40.5 Å². The van der Waals surface area contributed by atoms with E-state index in [-0.39, 0.29) is 12.0 Å². The zero-order valence-corrected chi connectivity index (χ0v) is 12.9. The van der Waals surface area contributed by atoms with Gasteiger partial charge in [0.15, 0.2) is 0 Å². The number of carboxylic acid groups (broad SMARTS) is 1. The third kappa shape index (κ3) is 4.79. The summed E-state index contributed by atoms with van der Waals surface area (Å²) in [6, 6.07) is 0.263. The molecular weight excluding hydrogens is 238 g/mol. The first-order valence-corrected chi connectivity index (χ1v) is 8.10. The SMILES string of the molecule is CCCCN(CC)C1CC(CCC)CCC1C(=O)O. The van der Waals surface area contributed by atoms with Gasteiger partial charge in [0.2, 0.25) is 0 Å². The highest BCUT2D eigenvalue weighted by Crippen LogP contribution is 2.35. The molecule has 0 aromatic heterocycles. The Morgan fingerprint density at radius 1 is 1.21 bits per heavy atom. The molecule has 3 heteroatoms. The van der Waals surface area contributed by atoms with Crippen LogP contribution >= 0.6 is 0 Å². The maximum atomic E-state index is 11.5. The van der Waals surface area contributed by atoms with Gasteiger partial charge < -0.3 is 5.11 Å². The normalized spacial score (nSPS) is 27.7. The number of rotatable bonds is 8. The van der Waals surface area contributed by atoms with Gasteiger partial charge in [-0.05, 0) is 44.7 Å². The van der Waals surface area contributed by atoms with Crippen LogP contribution in [0.4, 0.5) is 0 Å². The highest BCUT2D eigenvalue weighted by Gasteiger charge is 2.37. The third-order valence-corrected chi connectivity index (χ3v) is 4.61. The Hall–Kier alpha value is -0.570. The molecule has 1 N–H and O–H groups in total. The Bertz CT molecular complexity index is 267. The molecule has 0 heterocycles. The van der Waals surface area contributed by atoms with Gasteiger partial charge in [-0.15, -0.1) is 0 Å². The lowest BCUT2D eigenvalue weighted by molar-refractivity contribution is -0.146. The minimum Gasteiger partial charge on any atom is -0.481 e. The zero-order valence-electron chi connectivity index (χ0n) is 12.9. The molecule has 0 radical (unpaired) electrons. The molecule has 0 aromatic carbocycles. The van der Waals surface area contributed by atoms with Crippen molar-refractivity contribution in [2.24, 2.45) is 11.8 Å². The fraction of sp³-hybridized carbons (Fsp3) is 0.938. The molecule has 3 nitrogen and oxygen atoms in total. The van der Waals surface area contributed by atoms with Crippen LogP contribution in [-0.2, 0) is 4.79 Å². The van der Waals surface area contributed by atoms with Gasteiger partial charge >= 0.3 is 5.97 Å². The van der Waals surface area contributed by atoms with Crippen LogP contribution in [0, 0.1) is 11.8 Å². The van der Waals surface area contributed by atoms with Gasteiger partial charge in [0.25, 0.3) is 0 Å². The summed E-state index contributed by atoms with van der Waals surface area (Å²) in [7, 11) is 0.